The Morgan fingerprint density at radius 3 is 2.78 bits per heavy atom. The number of fused-ring (bicyclic) bond motifs is 1. The van der Waals surface area contributed by atoms with Crippen LogP contribution < -0.4 is 10.2 Å². The lowest BCUT2D eigenvalue weighted by Gasteiger charge is -2.06. The summed E-state index contributed by atoms with van der Waals surface area (Å²) >= 11 is 0. The highest BCUT2D eigenvalue weighted by atomic mass is 16.6. The molecule has 2 aromatic carbocycles. The standard InChI is InChI=1S/C19H15N3O5/c23-18(13-26-17-8-7-14-4-1-2-5-15(14)12-17)21-20-11-3-6-16-9-10-19(27-16)22(24)25/h1-12H,13H2,(H,21,23)/b6-3+,20-11+. The average molecular weight is 365 g/mol. The zero-order chi connectivity index (χ0) is 19.1. The van der Waals surface area contributed by atoms with Crippen molar-refractivity contribution in [3.05, 3.63) is 76.5 Å². The number of nitro groups is 1. The number of hydrogen-bond acceptors (Lipinski definition) is 6. The van der Waals surface area contributed by atoms with Crippen molar-refractivity contribution in [3.63, 3.8) is 0 Å². The Morgan fingerprint density at radius 2 is 2.00 bits per heavy atom. The fraction of sp³-hybridized carbons (Fsp3) is 0.0526. The van der Waals surface area contributed by atoms with Crippen molar-refractivity contribution < 1.29 is 18.9 Å². The number of hydrazone groups is 1. The van der Waals surface area contributed by atoms with E-state index in [9.17, 15) is 14.9 Å². The van der Waals surface area contributed by atoms with Crippen molar-refractivity contribution in [1.29, 1.82) is 0 Å². The van der Waals surface area contributed by atoms with Gasteiger partial charge in [-0.05, 0) is 41.1 Å². The maximum atomic E-state index is 11.7. The second-order valence-corrected chi connectivity index (χ2v) is 5.40. The van der Waals surface area contributed by atoms with E-state index in [1.165, 1.54) is 30.5 Å². The molecule has 0 atom stereocenters. The van der Waals surface area contributed by atoms with E-state index in [4.69, 9.17) is 9.15 Å². The van der Waals surface area contributed by atoms with Crippen LogP contribution in [0.5, 0.6) is 5.75 Å². The molecule has 0 unspecified atom stereocenters. The number of furan rings is 1. The summed E-state index contributed by atoms with van der Waals surface area (Å²) in [6.45, 7) is -0.177. The second-order valence-electron chi connectivity index (χ2n) is 5.40. The summed E-state index contributed by atoms with van der Waals surface area (Å²) in [7, 11) is 0. The fourth-order valence-electron chi connectivity index (χ4n) is 2.26. The number of ether oxygens (including phenoxy) is 1. The average Bonchev–Trinajstić information content (AvgIpc) is 3.15. The van der Waals surface area contributed by atoms with Crippen LogP contribution in [0.3, 0.4) is 0 Å². The zero-order valence-electron chi connectivity index (χ0n) is 14.1. The highest BCUT2D eigenvalue weighted by Gasteiger charge is 2.09. The van der Waals surface area contributed by atoms with Gasteiger partial charge < -0.3 is 9.15 Å². The normalized spacial score (nSPS) is 11.3. The third-order valence-electron chi connectivity index (χ3n) is 3.49. The molecule has 0 saturated carbocycles. The van der Waals surface area contributed by atoms with Gasteiger partial charge in [-0.3, -0.25) is 14.9 Å². The van der Waals surface area contributed by atoms with Crippen molar-refractivity contribution in [2.75, 3.05) is 6.61 Å². The van der Waals surface area contributed by atoms with E-state index in [-0.39, 0.29) is 12.5 Å². The SMILES string of the molecule is O=C(COc1ccc2ccccc2c1)N/N=C/C=C/c1ccc([N+](=O)[O-])o1. The van der Waals surface area contributed by atoms with Gasteiger partial charge >= 0.3 is 5.88 Å². The van der Waals surface area contributed by atoms with Crippen LogP contribution in [0.1, 0.15) is 5.76 Å². The first kappa shape index (κ1) is 17.9. The molecule has 3 rings (SSSR count). The molecule has 1 amide bonds. The minimum Gasteiger partial charge on any atom is -0.484 e. The quantitative estimate of drug-likeness (QED) is 0.391. The molecule has 0 bridgehead atoms. The van der Waals surface area contributed by atoms with Crippen molar-refractivity contribution in [3.8, 4) is 5.75 Å². The number of carbonyl (C=O) groups excluding carboxylic acids is 1. The molecular weight excluding hydrogens is 350 g/mol. The summed E-state index contributed by atoms with van der Waals surface area (Å²) in [5.74, 6) is 0.137. The Labute approximate surface area is 153 Å². The van der Waals surface area contributed by atoms with Gasteiger partial charge in [-0.15, -0.1) is 0 Å². The van der Waals surface area contributed by atoms with Gasteiger partial charge in [0.05, 0.1) is 6.07 Å². The van der Waals surface area contributed by atoms with Crippen LogP contribution in [-0.2, 0) is 4.79 Å². The van der Waals surface area contributed by atoms with Gasteiger partial charge in [-0.2, -0.15) is 5.10 Å². The Bertz CT molecular complexity index is 1020. The van der Waals surface area contributed by atoms with Gasteiger partial charge in [0.2, 0.25) is 0 Å². The number of hydrogen-bond donors (Lipinski definition) is 1. The van der Waals surface area contributed by atoms with Crippen molar-refractivity contribution >= 4 is 34.9 Å². The molecule has 0 aliphatic rings. The molecule has 3 aromatic rings. The summed E-state index contributed by atoms with van der Waals surface area (Å²) in [4.78, 5) is 21.6. The highest BCUT2D eigenvalue weighted by Crippen LogP contribution is 2.20. The van der Waals surface area contributed by atoms with E-state index in [0.717, 1.165) is 10.8 Å². The molecule has 0 saturated heterocycles. The number of nitrogens with one attached hydrogen (secondary N) is 1. The largest absolute Gasteiger partial charge is 0.484 e. The molecule has 8 nitrogen and oxygen atoms in total. The second kappa shape index (κ2) is 8.43. The molecule has 0 aliphatic heterocycles. The minimum atomic E-state index is -0.624. The lowest BCUT2D eigenvalue weighted by Crippen LogP contribution is -2.24. The smallest absolute Gasteiger partial charge is 0.433 e. The molecule has 0 spiro atoms. The van der Waals surface area contributed by atoms with Crippen LogP contribution in [0.25, 0.3) is 16.8 Å². The third kappa shape index (κ3) is 5.02. The van der Waals surface area contributed by atoms with E-state index in [2.05, 4.69) is 10.5 Å². The van der Waals surface area contributed by atoms with Gasteiger partial charge in [-0.25, -0.2) is 5.43 Å². The van der Waals surface area contributed by atoms with Gasteiger partial charge in [0.25, 0.3) is 5.91 Å². The Balaban J connectivity index is 1.45. The monoisotopic (exact) mass is 365 g/mol. The molecule has 1 aromatic heterocycles. The predicted molar refractivity (Wildman–Crippen MR) is 100 cm³/mol. The highest BCUT2D eigenvalue weighted by molar-refractivity contribution is 5.84. The van der Waals surface area contributed by atoms with Crippen molar-refractivity contribution in [1.82, 2.24) is 5.43 Å². The lowest BCUT2D eigenvalue weighted by molar-refractivity contribution is -0.402. The number of benzene rings is 2. The van der Waals surface area contributed by atoms with Crippen LogP contribution >= 0.6 is 0 Å². The molecular formula is C19H15N3O5. The Hall–Kier alpha value is -3.94. The maximum absolute atomic E-state index is 11.7. The van der Waals surface area contributed by atoms with E-state index in [0.29, 0.717) is 11.5 Å². The summed E-state index contributed by atoms with van der Waals surface area (Å²) in [6.07, 6.45) is 4.28. The van der Waals surface area contributed by atoms with Crippen molar-refractivity contribution in [2.24, 2.45) is 5.10 Å². The number of amides is 1. The summed E-state index contributed by atoms with van der Waals surface area (Å²) in [5.41, 5.74) is 2.32. The van der Waals surface area contributed by atoms with Gasteiger partial charge in [-0.1, -0.05) is 30.3 Å². The van der Waals surface area contributed by atoms with E-state index in [1.807, 2.05) is 36.4 Å². The maximum Gasteiger partial charge on any atom is 0.433 e. The van der Waals surface area contributed by atoms with Crippen LogP contribution in [0.4, 0.5) is 5.88 Å². The third-order valence-corrected chi connectivity index (χ3v) is 3.49. The first-order valence-corrected chi connectivity index (χ1v) is 7.96. The Morgan fingerprint density at radius 1 is 1.19 bits per heavy atom. The van der Waals surface area contributed by atoms with E-state index < -0.39 is 10.8 Å². The molecule has 0 fully saturated rings. The number of nitrogens with zero attached hydrogens (tertiary/aromatic N) is 2. The minimum absolute atomic E-state index is 0.177. The van der Waals surface area contributed by atoms with Gasteiger partial charge in [0.1, 0.15) is 16.4 Å². The van der Waals surface area contributed by atoms with Crippen molar-refractivity contribution in [2.45, 2.75) is 0 Å². The molecule has 136 valence electrons. The first-order chi connectivity index (χ1) is 13.1. The van der Waals surface area contributed by atoms with Crippen LogP contribution in [0, 0.1) is 10.1 Å². The summed E-state index contributed by atoms with van der Waals surface area (Å²) < 4.78 is 10.4. The summed E-state index contributed by atoms with van der Waals surface area (Å²) in [5, 5.41) is 16.3. The van der Waals surface area contributed by atoms with Crippen LogP contribution in [0.15, 0.2) is 70.2 Å². The molecule has 8 heteroatoms. The molecule has 27 heavy (non-hydrogen) atoms. The number of carbonyl (C=O) groups is 1. The van der Waals surface area contributed by atoms with Crippen LogP contribution in [0.2, 0.25) is 0 Å². The predicted octanol–water partition coefficient (Wildman–Crippen LogP) is 3.54. The zero-order valence-corrected chi connectivity index (χ0v) is 14.1. The van der Waals surface area contributed by atoms with Crippen LogP contribution in [-0.4, -0.2) is 23.7 Å². The number of rotatable bonds is 7. The molecule has 0 radical (unpaired) electrons. The fourth-order valence-corrected chi connectivity index (χ4v) is 2.26. The summed E-state index contributed by atoms with van der Waals surface area (Å²) in [6, 6.07) is 16.1. The lowest BCUT2D eigenvalue weighted by atomic mass is 10.1. The first-order valence-electron chi connectivity index (χ1n) is 7.96. The molecule has 1 N–H and O–H groups in total. The Kier molecular flexibility index (Phi) is 5.58. The van der Waals surface area contributed by atoms with Gasteiger partial charge in [0, 0.05) is 6.21 Å². The van der Waals surface area contributed by atoms with E-state index >= 15 is 0 Å². The number of allylic oxidation sites excluding steroid dienone is 1. The topological polar surface area (TPSA) is 107 Å². The van der Waals surface area contributed by atoms with E-state index in [1.54, 1.807) is 6.07 Å². The molecule has 0 aliphatic carbocycles. The van der Waals surface area contributed by atoms with Gasteiger partial charge in [0.15, 0.2) is 6.61 Å². The molecule has 1 heterocycles.